The normalized spacial score (nSPS) is 14.8. The standard InChI is InChI=1S/C81H92BN6O10S2/c1-8-15-20-23-26-29-34-85-76(91)56-39-52(68-66-54(37-50(43-83)62(64(56)66)78(85)93)74(89)86(80(68)95)35-30-27-24-21-16-9-2)60-41-58-70(97-45-48(13-6)32-18-11-4)73-59(71(72(58)99-60)98-46-49(14-7)33-19-12-5)42-61(100-73)53-40-57-65-63(79(94)88(47-82)77(57)92)51(44-84)38-55-67(65)69(53)81(96)87(75(55)90)36-31-28-25-22-17-10-3/h37-42,47-49H,8-36,45-46H2,1-7H3. The molecule has 521 valence electrons. The summed E-state index contributed by atoms with van der Waals surface area (Å²) in [6.45, 7) is 16.0. The van der Waals surface area contributed by atoms with E-state index < -0.39 is 47.3 Å². The number of ether oxygens (including phenoxy) is 2. The third-order valence-electron chi connectivity index (χ3n) is 21.0. The first-order valence-corrected chi connectivity index (χ1v) is 38.7. The molecule has 4 aliphatic rings. The molecule has 0 saturated carbocycles. The van der Waals surface area contributed by atoms with Crippen molar-refractivity contribution in [3.05, 3.63) is 92.0 Å². The van der Waals surface area contributed by atoms with Gasteiger partial charge in [0.1, 0.15) is 6.07 Å². The molecule has 1 radical (unpaired) electrons. The number of nitrogens with zero attached hydrogens (tertiary/aromatic N) is 6. The molecule has 11 rings (SSSR count). The minimum absolute atomic E-state index is 0.000555. The number of rotatable bonds is 38. The van der Waals surface area contributed by atoms with Gasteiger partial charge in [-0.15, -0.1) is 0 Å². The summed E-state index contributed by atoms with van der Waals surface area (Å²) < 4.78 is 15.9. The Hall–Kier alpha value is -8.39. The van der Waals surface area contributed by atoms with E-state index in [1.807, 2.05) is 12.1 Å². The fraction of sp³-hybridized carbons (Fsp3) is 0.494. The molecule has 2 aromatic heterocycles. The number of unbranched alkanes of at least 4 members (excludes halogenated alkanes) is 17. The maximum atomic E-state index is 15.8. The van der Waals surface area contributed by atoms with Gasteiger partial charge in [0.25, 0.3) is 23.6 Å². The van der Waals surface area contributed by atoms with Gasteiger partial charge in [0.2, 0.25) is 0 Å². The van der Waals surface area contributed by atoms with Gasteiger partial charge in [-0.25, -0.2) is 0 Å². The first-order chi connectivity index (χ1) is 48.6. The number of hydrogen-bond donors (Lipinski definition) is 0. The van der Waals surface area contributed by atoms with Crippen LogP contribution in [-0.2, 0) is 0 Å². The van der Waals surface area contributed by atoms with Crippen LogP contribution in [0, 0.1) is 34.5 Å². The zero-order chi connectivity index (χ0) is 71.1. The summed E-state index contributed by atoms with van der Waals surface area (Å²) in [6.07, 6.45) is 24.4. The summed E-state index contributed by atoms with van der Waals surface area (Å²) in [5.74, 6) is -3.95. The molecule has 2 unspecified atom stereocenters. The summed E-state index contributed by atoms with van der Waals surface area (Å²) >= 11 is 2.68. The van der Waals surface area contributed by atoms with Crippen LogP contribution in [0.3, 0.4) is 0 Å². The first kappa shape index (κ1) is 72.9. The van der Waals surface area contributed by atoms with Crippen LogP contribution >= 0.6 is 22.7 Å². The van der Waals surface area contributed by atoms with Crippen molar-refractivity contribution in [2.75, 3.05) is 32.8 Å². The molecule has 0 bridgehead atoms. The van der Waals surface area contributed by atoms with Gasteiger partial charge in [-0.05, 0) is 49.7 Å². The van der Waals surface area contributed by atoms with Crippen LogP contribution in [0.4, 0.5) is 0 Å². The molecule has 4 aliphatic heterocycles. The van der Waals surface area contributed by atoms with E-state index >= 15 is 19.2 Å². The van der Waals surface area contributed by atoms with E-state index in [0.717, 1.165) is 159 Å². The molecule has 8 amide bonds. The van der Waals surface area contributed by atoms with Crippen molar-refractivity contribution in [2.24, 2.45) is 11.8 Å². The van der Waals surface area contributed by atoms with E-state index in [0.29, 0.717) is 85.0 Å². The summed E-state index contributed by atoms with van der Waals surface area (Å²) in [5.41, 5.74) is 0.874. The Balaban J connectivity index is 1.18. The van der Waals surface area contributed by atoms with Crippen molar-refractivity contribution in [3.63, 3.8) is 0 Å². The Morgan fingerprint density at radius 1 is 0.400 bits per heavy atom. The zero-order valence-corrected chi connectivity index (χ0v) is 60.9. The second kappa shape index (κ2) is 32.5. The van der Waals surface area contributed by atoms with Crippen molar-refractivity contribution in [2.45, 2.75) is 215 Å². The van der Waals surface area contributed by atoms with Gasteiger partial charge in [-0.3, -0.25) is 29.0 Å². The Labute approximate surface area is 596 Å². The van der Waals surface area contributed by atoms with Crippen LogP contribution in [0.1, 0.15) is 309 Å². The van der Waals surface area contributed by atoms with E-state index in [1.165, 1.54) is 49.5 Å². The van der Waals surface area contributed by atoms with Crippen molar-refractivity contribution in [1.82, 2.24) is 19.6 Å². The second-order valence-electron chi connectivity index (χ2n) is 27.6. The number of nitriles is 2. The Morgan fingerprint density at radius 2 is 0.730 bits per heavy atom. The molecule has 100 heavy (non-hydrogen) atoms. The average Bonchev–Trinajstić information content (AvgIpc) is 0.717. The Bertz CT molecular complexity index is 4460. The molecule has 0 spiro atoms. The van der Waals surface area contributed by atoms with E-state index in [-0.39, 0.29) is 109 Å². The average molecular weight is 1380 g/mol. The number of fused-ring (bicyclic) bond motifs is 2. The monoisotopic (exact) mass is 1380 g/mol. The van der Waals surface area contributed by atoms with Gasteiger partial charge in [-0.1, -0.05) is 177 Å². The molecule has 0 aliphatic carbocycles. The molecule has 7 aromatic rings. The first-order valence-electron chi connectivity index (χ1n) is 37.1. The van der Waals surface area contributed by atoms with Crippen LogP contribution < -0.4 is 9.47 Å². The molecule has 2 atom stereocenters. The number of benzene rings is 5. The minimum atomic E-state index is -0.851. The predicted molar refractivity (Wildman–Crippen MR) is 399 cm³/mol. The maximum absolute atomic E-state index is 15.8. The topological polar surface area (TPSA) is 216 Å². The van der Waals surface area contributed by atoms with Crippen LogP contribution in [0.2, 0.25) is 0 Å². The van der Waals surface area contributed by atoms with Crippen LogP contribution in [0.15, 0.2) is 36.4 Å². The SMILES string of the molecule is [B]=CN1C(=O)c2cc(-c3cc4c(OCC(CC)CCCC)c5sc(-c6cc7c8c(c(C#N)cc9c8c6C(=O)N(CCCCCCCC)C9=O)C(=O)N(CCCCCCCC)C7=O)cc5c(OCC(CC)CCCC)c4s3)c3c4c(cc(C#N)c(c24)C1=O)C(=O)N(CCCCCCCC)C3=O. The molecule has 19 heteroatoms. The van der Waals surface area contributed by atoms with Crippen LogP contribution in [0.5, 0.6) is 11.5 Å². The Morgan fingerprint density at radius 3 is 1.09 bits per heavy atom. The molecule has 0 fully saturated rings. The van der Waals surface area contributed by atoms with Crippen molar-refractivity contribution >= 4 is 125 Å². The molecule has 0 N–H and O–H groups in total. The number of imide groups is 4. The Kier molecular flexibility index (Phi) is 23.7. The fourth-order valence-corrected chi connectivity index (χ4v) is 17.6. The summed E-state index contributed by atoms with van der Waals surface area (Å²) in [5, 5.41) is 23.3. The van der Waals surface area contributed by atoms with Crippen LogP contribution in [-0.4, -0.2) is 113 Å². The van der Waals surface area contributed by atoms with E-state index in [9.17, 15) is 29.7 Å². The molecular weight excluding hydrogens is 1290 g/mol. The summed E-state index contributed by atoms with van der Waals surface area (Å²) in [6, 6.07) is 14.3. The summed E-state index contributed by atoms with van der Waals surface area (Å²) in [7, 11) is 6.05. The van der Waals surface area contributed by atoms with Gasteiger partial charge >= 0.3 is 247 Å². The second-order valence-corrected chi connectivity index (χ2v) is 29.8. The molecular formula is C81H92BN6O10S2. The van der Waals surface area contributed by atoms with E-state index in [2.05, 4.69) is 60.6 Å². The summed E-state index contributed by atoms with van der Waals surface area (Å²) in [4.78, 5) is 126. The molecule has 16 nitrogen and oxygen atoms in total. The molecule has 6 heterocycles. The number of amides is 8. The van der Waals surface area contributed by atoms with Crippen molar-refractivity contribution in [1.29, 1.82) is 10.5 Å². The molecule has 5 aromatic carbocycles. The van der Waals surface area contributed by atoms with E-state index in [1.54, 1.807) is 12.1 Å². The van der Waals surface area contributed by atoms with Gasteiger partial charge < -0.3 is 0 Å². The number of carbonyl (C=O) groups excluding carboxylic acids is 8. The quantitative estimate of drug-likeness (QED) is 0.0201. The van der Waals surface area contributed by atoms with Gasteiger partial charge in [-0.2, -0.15) is 5.26 Å². The van der Waals surface area contributed by atoms with Gasteiger partial charge in [0, 0.05) is 39.9 Å². The van der Waals surface area contributed by atoms with Crippen LogP contribution in [0.25, 0.3) is 62.6 Å². The predicted octanol–water partition coefficient (Wildman–Crippen LogP) is 19.1. The third-order valence-corrected chi connectivity index (χ3v) is 23.3. The van der Waals surface area contributed by atoms with Crippen molar-refractivity contribution in [3.8, 4) is 44.5 Å². The number of thiophene rings is 2. The number of carbonyl (C=O) groups is 8. The third kappa shape index (κ3) is 13.6. The van der Waals surface area contributed by atoms with Gasteiger partial charge in [0.05, 0.1) is 22.3 Å². The molecule has 0 saturated heterocycles. The zero-order valence-electron chi connectivity index (χ0n) is 59.3. The fourth-order valence-electron chi connectivity index (χ4n) is 15.2. The number of hydrogen-bond acceptors (Lipinski definition) is 14. The van der Waals surface area contributed by atoms with Gasteiger partial charge in [0.15, 0.2) is 0 Å². The van der Waals surface area contributed by atoms with E-state index in [4.69, 9.17) is 17.0 Å². The van der Waals surface area contributed by atoms with Crippen molar-refractivity contribution < 1.29 is 47.8 Å².